The topological polar surface area (TPSA) is 93.2 Å². The van der Waals surface area contributed by atoms with E-state index < -0.39 is 6.03 Å². The first kappa shape index (κ1) is 27.7. The number of aromatic nitrogens is 1. The lowest BCUT2D eigenvalue weighted by atomic mass is 9.93. The first-order valence-electron chi connectivity index (χ1n) is 12.9. The Balaban J connectivity index is 1.29. The van der Waals surface area contributed by atoms with Crippen LogP contribution in [0.4, 0.5) is 22.0 Å². The molecule has 9 nitrogen and oxygen atoms in total. The number of morpholine rings is 1. The maximum absolute atomic E-state index is 12.4. The second kappa shape index (κ2) is 13.0. The van der Waals surface area contributed by atoms with Gasteiger partial charge >= 0.3 is 6.03 Å². The lowest BCUT2D eigenvalue weighted by molar-refractivity contribution is 0.0358. The number of amides is 2. The van der Waals surface area contributed by atoms with Crippen LogP contribution in [0.3, 0.4) is 0 Å². The summed E-state index contributed by atoms with van der Waals surface area (Å²) in [5, 5.41) is 9.19. The van der Waals surface area contributed by atoms with Crippen LogP contribution in [0.15, 0.2) is 53.1 Å². The van der Waals surface area contributed by atoms with E-state index >= 15 is 0 Å². The highest BCUT2D eigenvalue weighted by molar-refractivity contribution is 6.01. The van der Waals surface area contributed by atoms with E-state index in [4.69, 9.17) is 20.6 Å². The Morgan fingerprint density at radius 1 is 1.08 bits per heavy atom. The molecule has 0 aliphatic carbocycles. The standard InChI is InChI=1S/C30H33N5O4/c1-30(2,3)27-21-28(34-39-27)33-29(36)32-25-13-10-23(20-26(25)31-4)7-6-22-8-11-24(12-9-22)38-17-5-14-35-15-18-37-19-16-35/h8-13,20-21H,5,14-19H2,1-3H3,(H2,32,33,34,36). The average molecular weight is 528 g/mol. The van der Waals surface area contributed by atoms with Crippen molar-refractivity contribution in [1.82, 2.24) is 10.1 Å². The number of nitrogens with one attached hydrogen (secondary N) is 2. The van der Waals surface area contributed by atoms with Gasteiger partial charge in [-0.1, -0.05) is 37.8 Å². The number of benzene rings is 2. The zero-order chi connectivity index (χ0) is 27.7. The van der Waals surface area contributed by atoms with Crippen LogP contribution in [0, 0.1) is 18.4 Å². The summed E-state index contributed by atoms with van der Waals surface area (Å²) in [6, 6.07) is 13.9. The van der Waals surface area contributed by atoms with Crippen LogP contribution in [0.5, 0.6) is 5.75 Å². The van der Waals surface area contributed by atoms with E-state index in [1.54, 1.807) is 24.3 Å². The molecule has 1 saturated heterocycles. The number of rotatable bonds is 7. The van der Waals surface area contributed by atoms with Crippen molar-refractivity contribution in [3.05, 3.63) is 76.8 Å². The molecule has 4 rings (SSSR count). The lowest BCUT2D eigenvalue weighted by Crippen LogP contribution is -2.37. The Bertz CT molecular complexity index is 1370. The van der Waals surface area contributed by atoms with Crippen LogP contribution in [-0.2, 0) is 10.2 Å². The van der Waals surface area contributed by atoms with Gasteiger partial charge in [0.25, 0.3) is 0 Å². The molecule has 1 fully saturated rings. The van der Waals surface area contributed by atoms with Crippen molar-refractivity contribution < 1.29 is 18.8 Å². The number of hydrogen-bond acceptors (Lipinski definition) is 6. The minimum Gasteiger partial charge on any atom is -0.494 e. The van der Waals surface area contributed by atoms with Gasteiger partial charge in [0, 0.05) is 47.9 Å². The number of hydrogen-bond donors (Lipinski definition) is 2. The van der Waals surface area contributed by atoms with E-state index in [9.17, 15) is 4.79 Å². The third-order valence-electron chi connectivity index (χ3n) is 6.05. The molecule has 0 bridgehead atoms. The summed E-state index contributed by atoms with van der Waals surface area (Å²) in [7, 11) is 0. The third kappa shape index (κ3) is 8.34. The van der Waals surface area contributed by atoms with Gasteiger partial charge in [0.05, 0.1) is 26.4 Å². The number of nitrogens with zero attached hydrogens (tertiary/aromatic N) is 3. The number of anilines is 2. The van der Waals surface area contributed by atoms with E-state index in [1.165, 1.54) is 0 Å². The molecule has 9 heteroatoms. The third-order valence-corrected chi connectivity index (χ3v) is 6.05. The van der Waals surface area contributed by atoms with Crippen LogP contribution in [0.1, 0.15) is 44.1 Å². The van der Waals surface area contributed by atoms with Crippen LogP contribution in [-0.4, -0.2) is 55.5 Å². The van der Waals surface area contributed by atoms with Crippen LogP contribution in [0.2, 0.25) is 0 Å². The highest BCUT2D eigenvalue weighted by Crippen LogP contribution is 2.27. The van der Waals surface area contributed by atoms with Crippen molar-refractivity contribution in [2.24, 2.45) is 0 Å². The largest absolute Gasteiger partial charge is 0.494 e. The predicted octanol–water partition coefficient (Wildman–Crippen LogP) is 5.67. The molecule has 1 aliphatic rings. The number of carbonyl (C=O) groups excluding carboxylic acids is 1. The van der Waals surface area contributed by atoms with Gasteiger partial charge in [0.1, 0.15) is 11.5 Å². The molecule has 0 atom stereocenters. The van der Waals surface area contributed by atoms with Gasteiger partial charge in [-0.15, -0.1) is 0 Å². The number of carbonyl (C=O) groups is 1. The molecule has 0 saturated carbocycles. The van der Waals surface area contributed by atoms with Gasteiger partial charge < -0.3 is 19.3 Å². The van der Waals surface area contributed by atoms with Gasteiger partial charge in [0.2, 0.25) is 5.69 Å². The molecular weight excluding hydrogens is 494 g/mol. The van der Waals surface area contributed by atoms with Gasteiger partial charge in [-0.3, -0.25) is 10.2 Å². The molecule has 0 unspecified atom stereocenters. The predicted molar refractivity (Wildman–Crippen MR) is 150 cm³/mol. The highest BCUT2D eigenvalue weighted by Gasteiger charge is 2.20. The van der Waals surface area contributed by atoms with Crippen molar-refractivity contribution in [3.8, 4) is 17.6 Å². The van der Waals surface area contributed by atoms with Crippen molar-refractivity contribution in [2.75, 3.05) is 50.1 Å². The van der Waals surface area contributed by atoms with Crippen molar-refractivity contribution in [3.63, 3.8) is 0 Å². The Hall–Kier alpha value is -4.31. The Labute approximate surface area is 229 Å². The summed E-state index contributed by atoms with van der Waals surface area (Å²) in [4.78, 5) is 18.4. The fraction of sp³-hybridized carbons (Fsp3) is 0.367. The number of ether oxygens (including phenoxy) is 2. The van der Waals surface area contributed by atoms with Crippen LogP contribution < -0.4 is 15.4 Å². The van der Waals surface area contributed by atoms with Crippen molar-refractivity contribution >= 4 is 23.2 Å². The first-order valence-corrected chi connectivity index (χ1v) is 12.9. The zero-order valence-electron chi connectivity index (χ0n) is 22.5. The zero-order valence-corrected chi connectivity index (χ0v) is 22.5. The smallest absolute Gasteiger partial charge is 0.323 e. The summed E-state index contributed by atoms with van der Waals surface area (Å²) >= 11 is 0. The Kier molecular flexibility index (Phi) is 9.22. The summed E-state index contributed by atoms with van der Waals surface area (Å²) < 4.78 is 16.5. The maximum atomic E-state index is 12.4. The molecule has 2 heterocycles. The van der Waals surface area contributed by atoms with Gasteiger partial charge in [0.15, 0.2) is 5.82 Å². The monoisotopic (exact) mass is 527 g/mol. The molecule has 1 aliphatic heterocycles. The van der Waals surface area contributed by atoms with Crippen LogP contribution >= 0.6 is 0 Å². The maximum Gasteiger partial charge on any atom is 0.323 e. The molecular formula is C30H33N5O4. The summed E-state index contributed by atoms with van der Waals surface area (Å²) in [6.45, 7) is 18.8. The molecule has 2 N–H and O–H groups in total. The van der Waals surface area contributed by atoms with Gasteiger partial charge in [-0.25, -0.2) is 9.64 Å². The van der Waals surface area contributed by atoms with Crippen molar-refractivity contribution in [1.29, 1.82) is 0 Å². The van der Waals surface area contributed by atoms with E-state index in [0.717, 1.165) is 50.6 Å². The fourth-order valence-corrected chi connectivity index (χ4v) is 3.85. The minimum absolute atomic E-state index is 0.226. The molecule has 202 valence electrons. The molecule has 3 aromatic rings. The quantitative estimate of drug-likeness (QED) is 0.234. The van der Waals surface area contributed by atoms with E-state index in [1.807, 2.05) is 45.0 Å². The van der Waals surface area contributed by atoms with Gasteiger partial charge in [-0.2, -0.15) is 0 Å². The molecule has 0 radical (unpaired) electrons. The minimum atomic E-state index is -0.518. The highest BCUT2D eigenvalue weighted by atomic mass is 16.5. The first-order chi connectivity index (χ1) is 18.8. The van der Waals surface area contributed by atoms with Crippen molar-refractivity contribution in [2.45, 2.75) is 32.6 Å². The summed E-state index contributed by atoms with van der Waals surface area (Å²) in [6.07, 6.45) is 0.968. The Morgan fingerprint density at radius 3 is 2.49 bits per heavy atom. The molecule has 39 heavy (non-hydrogen) atoms. The van der Waals surface area contributed by atoms with E-state index in [-0.39, 0.29) is 11.1 Å². The fourth-order valence-electron chi connectivity index (χ4n) is 3.85. The van der Waals surface area contributed by atoms with E-state index in [0.29, 0.717) is 29.4 Å². The summed E-state index contributed by atoms with van der Waals surface area (Å²) in [5.74, 6) is 7.96. The molecule has 2 aromatic carbocycles. The summed E-state index contributed by atoms with van der Waals surface area (Å²) in [5.41, 5.74) is 1.94. The Morgan fingerprint density at radius 2 is 1.79 bits per heavy atom. The van der Waals surface area contributed by atoms with Gasteiger partial charge in [-0.05, 0) is 48.9 Å². The SMILES string of the molecule is [C-]#[N+]c1cc(C#Cc2ccc(OCCCN3CCOCC3)cc2)ccc1NC(=O)Nc1cc(C(C)(C)C)on1. The van der Waals surface area contributed by atoms with E-state index in [2.05, 4.69) is 37.4 Å². The normalized spacial score (nSPS) is 13.6. The second-order valence-electron chi connectivity index (χ2n) is 10.2. The average Bonchev–Trinajstić information content (AvgIpc) is 3.41. The van der Waals surface area contributed by atoms with Crippen LogP contribution in [0.25, 0.3) is 4.85 Å². The number of urea groups is 1. The second-order valence-corrected chi connectivity index (χ2v) is 10.2. The lowest BCUT2D eigenvalue weighted by Gasteiger charge is -2.26. The molecule has 0 spiro atoms. The molecule has 2 amide bonds. The molecule has 1 aromatic heterocycles.